The molecule has 2 N–H and O–H groups in total. The summed E-state index contributed by atoms with van der Waals surface area (Å²) in [5.41, 5.74) is 1.43. The number of carbonyl (C=O) groups is 2. The van der Waals surface area contributed by atoms with Gasteiger partial charge in [-0.1, -0.05) is 19.1 Å². The predicted octanol–water partition coefficient (Wildman–Crippen LogP) is 2.11. The molecule has 1 aromatic carbocycles. The van der Waals surface area contributed by atoms with Crippen molar-refractivity contribution in [3.63, 3.8) is 0 Å². The average molecular weight is 291 g/mol. The van der Waals surface area contributed by atoms with Crippen LogP contribution in [-0.4, -0.2) is 42.9 Å². The Hall–Kier alpha value is -2.04. The monoisotopic (exact) mass is 291 g/mol. The maximum absolute atomic E-state index is 12.6. The Morgan fingerprint density at radius 2 is 1.86 bits per heavy atom. The zero-order valence-corrected chi connectivity index (χ0v) is 13.1. The first-order chi connectivity index (χ1) is 10.1. The Balaban J connectivity index is 2.86. The topological polar surface area (TPSA) is 61.4 Å². The fourth-order valence-corrected chi connectivity index (χ4v) is 2.01. The van der Waals surface area contributed by atoms with Crippen LogP contribution in [0.4, 0.5) is 5.69 Å². The van der Waals surface area contributed by atoms with Crippen molar-refractivity contribution in [3.05, 3.63) is 29.8 Å². The lowest BCUT2D eigenvalue weighted by Crippen LogP contribution is -2.40. The molecule has 0 atom stereocenters. The molecule has 0 spiro atoms. The van der Waals surface area contributed by atoms with Gasteiger partial charge in [0.1, 0.15) is 0 Å². The van der Waals surface area contributed by atoms with Crippen molar-refractivity contribution in [2.75, 3.05) is 31.5 Å². The minimum atomic E-state index is -0.133. The third-order valence-electron chi connectivity index (χ3n) is 3.10. The summed E-state index contributed by atoms with van der Waals surface area (Å²) in [7, 11) is 0. The van der Waals surface area contributed by atoms with Crippen molar-refractivity contribution in [1.29, 1.82) is 0 Å². The van der Waals surface area contributed by atoms with E-state index in [0.29, 0.717) is 18.7 Å². The fourth-order valence-electron chi connectivity index (χ4n) is 2.01. The average Bonchev–Trinajstić information content (AvgIpc) is 2.50. The summed E-state index contributed by atoms with van der Waals surface area (Å²) < 4.78 is 0. The lowest BCUT2D eigenvalue weighted by molar-refractivity contribution is -0.121. The fraction of sp³-hybridized carbons (Fsp3) is 0.500. The van der Waals surface area contributed by atoms with Gasteiger partial charge in [0, 0.05) is 25.3 Å². The number of anilines is 1. The summed E-state index contributed by atoms with van der Waals surface area (Å²) in [4.78, 5) is 25.8. The number of hydrogen-bond donors (Lipinski definition) is 2. The van der Waals surface area contributed by atoms with Crippen molar-refractivity contribution >= 4 is 17.5 Å². The highest BCUT2D eigenvalue weighted by Crippen LogP contribution is 2.17. The maximum atomic E-state index is 12.6. The summed E-state index contributed by atoms with van der Waals surface area (Å²) in [6.45, 7) is 7.78. The summed E-state index contributed by atoms with van der Waals surface area (Å²) >= 11 is 0. The Morgan fingerprint density at radius 3 is 2.48 bits per heavy atom. The van der Waals surface area contributed by atoms with Gasteiger partial charge >= 0.3 is 0 Å². The minimum absolute atomic E-state index is 0.0886. The first-order valence-electron chi connectivity index (χ1n) is 7.52. The van der Waals surface area contributed by atoms with Crippen molar-refractivity contribution in [2.45, 2.75) is 27.2 Å². The summed E-state index contributed by atoms with van der Waals surface area (Å²) in [6, 6.07) is 7.42. The first kappa shape index (κ1) is 17.0. The Labute approximate surface area is 126 Å². The molecule has 116 valence electrons. The van der Waals surface area contributed by atoms with E-state index < -0.39 is 0 Å². The summed E-state index contributed by atoms with van der Waals surface area (Å²) in [5, 5.41) is 5.97. The first-order valence-corrected chi connectivity index (χ1v) is 7.52. The Morgan fingerprint density at radius 1 is 1.14 bits per heavy atom. The van der Waals surface area contributed by atoms with Gasteiger partial charge in [0.2, 0.25) is 5.91 Å². The van der Waals surface area contributed by atoms with Gasteiger partial charge in [-0.25, -0.2) is 0 Å². The van der Waals surface area contributed by atoms with Crippen molar-refractivity contribution in [3.8, 4) is 0 Å². The maximum Gasteiger partial charge on any atom is 0.256 e. The lowest BCUT2D eigenvalue weighted by atomic mass is 10.1. The SMILES string of the molecule is CCCNc1ccccc1C(=O)N(CC)CC(=O)NCC. The van der Waals surface area contributed by atoms with Crippen molar-refractivity contribution in [2.24, 2.45) is 0 Å². The molecular weight excluding hydrogens is 266 g/mol. The van der Waals surface area contributed by atoms with Crippen LogP contribution in [0.5, 0.6) is 0 Å². The molecule has 0 aliphatic carbocycles. The second-order valence-electron chi connectivity index (χ2n) is 4.75. The number of amides is 2. The molecule has 0 aromatic heterocycles. The number of nitrogens with zero attached hydrogens (tertiary/aromatic N) is 1. The van der Waals surface area contributed by atoms with Crippen LogP contribution in [0.25, 0.3) is 0 Å². The third kappa shape index (κ3) is 5.10. The lowest BCUT2D eigenvalue weighted by Gasteiger charge is -2.22. The molecule has 0 aliphatic rings. The van der Waals surface area contributed by atoms with Crippen LogP contribution in [0.2, 0.25) is 0 Å². The van der Waals surface area contributed by atoms with Crippen LogP contribution in [0.1, 0.15) is 37.6 Å². The summed E-state index contributed by atoms with van der Waals surface area (Å²) in [6.07, 6.45) is 0.985. The molecule has 0 radical (unpaired) electrons. The van der Waals surface area contributed by atoms with Crippen LogP contribution in [-0.2, 0) is 4.79 Å². The van der Waals surface area contributed by atoms with Crippen LogP contribution in [0.3, 0.4) is 0 Å². The number of likely N-dealkylation sites (N-methyl/N-ethyl adjacent to an activating group) is 2. The molecule has 5 heteroatoms. The second kappa shape index (κ2) is 9.00. The van der Waals surface area contributed by atoms with Gasteiger partial charge in [-0.2, -0.15) is 0 Å². The van der Waals surface area contributed by atoms with Crippen molar-refractivity contribution in [1.82, 2.24) is 10.2 Å². The number of nitrogens with one attached hydrogen (secondary N) is 2. The quantitative estimate of drug-likeness (QED) is 0.771. The minimum Gasteiger partial charge on any atom is -0.384 e. The van der Waals surface area contributed by atoms with E-state index >= 15 is 0 Å². The third-order valence-corrected chi connectivity index (χ3v) is 3.10. The Kier molecular flexibility index (Phi) is 7.29. The van der Waals surface area contributed by atoms with Crippen LogP contribution >= 0.6 is 0 Å². The molecule has 1 rings (SSSR count). The zero-order chi connectivity index (χ0) is 15.7. The number of rotatable bonds is 8. The van der Waals surface area contributed by atoms with Gasteiger partial charge in [-0.15, -0.1) is 0 Å². The van der Waals surface area contributed by atoms with Gasteiger partial charge in [0.25, 0.3) is 5.91 Å². The number of benzene rings is 1. The molecule has 0 bridgehead atoms. The molecule has 0 unspecified atom stereocenters. The molecule has 21 heavy (non-hydrogen) atoms. The van der Waals surface area contributed by atoms with E-state index in [1.807, 2.05) is 32.0 Å². The van der Waals surface area contributed by atoms with E-state index in [1.165, 1.54) is 0 Å². The molecule has 5 nitrogen and oxygen atoms in total. The molecule has 0 heterocycles. The zero-order valence-electron chi connectivity index (χ0n) is 13.1. The standard InChI is InChI=1S/C16H25N3O2/c1-4-11-18-14-10-8-7-9-13(14)16(21)19(6-3)12-15(20)17-5-2/h7-10,18H,4-6,11-12H2,1-3H3,(H,17,20). The van der Waals surface area contributed by atoms with Crippen LogP contribution in [0.15, 0.2) is 24.3 Å². The molecule has 0 saturated carbocycles. The highest BCUT2D eigenvalue weighted by Gasteiger charge is 2.19. The predicted molar refractivity (Wildman–Crippen MR) is 85.5 cm³/mol. The molecule has 0 aliphatic heterocycles. The molecule has 1 aromatic rings. The molecule has 0 saturated heterocycles. The highest BCUT2D eigenvalue weighted by atomic mass is 16.2. The number of hydrogen-bond acceptors (Lipinski definition) is 3. The van der Waals surface area contributed by atoms with Gasteiger partial charge in [-0.05, 0) is 32.4 Å². The van der Waals surface area contributed by atoms with Crippen molar-refractivity contribution < 1.29 is 9.59 Å². The van der Waals surface area contributed by atoms with E-state index in [0.717, 1.165) is 18.7 Å². The molecular formula is C16H25N3O2. The van der Waals surface area contributed by atoms with Gasteiger partial charge in [0.15, 0.2) is 0 Å². The van der Waals surface area contributed by atoms with E-state index in [2.05, 4.69) is 17.6 Å². The molecule has 2 amide bonds. The normalized spacial score (nSPS) is 10.0. The van der Waals surface area contributed by atoms with E-state index in [4.69, 9.17) is 0 Å². The largest absolute Gasteiger partial charge is 0.384 e. The van der Waals surface area contributed by atoms with Gasteiger partial charge in [0.05, 0.1) is 12.1 Å². The highest BCUT2D eigenvalue weighted by molar-refractivity contribution is 6.01. The van der Waals surface area contributed by atoms with Crippen LogP contribution in [0, 0.1) is 0 Å². The van der Waals surface area contributed by atoms with Gasteiger partial charge in [-0.3, -0.25) is 9.59 Å². The van der Waals surface area contributed by atoms with E-state index in [9.17, 15) is 9.59 Å². The van der Waals surface area contributed by atoms with Gasteiger partial charge < -0.3 is 15.5 Å². The van der Waals surface area contributed by atoms with E-state index in [-0.39, 0.29) is 18.4 Å². The number of carbonyl (C=O) groups excluding carboxylic acids is 2. The number of para-hydroxylation sites is 1. The second-order valence-corrected chi connectivity index (χ2v) is 4.75. The Bertz CT molecular complexity index is 474. The summed E-state index contributed by atoms with van der Waals surface area (Å²) in [5.74, 6) is -0.255. The van der Waals surface area contributed by atoms with E-state index in [1.54, 1.807) is 11.0 Å². The van der Waals surface area contributed by atoms with Crippen LogP contribution < -0.4 is 10.6 Å². The molecule has 0 fully saturated rings. The smallest absolute Gasteiger partial charge is 0.256 e.